The minimum absolute atomic E-state index is 0.297. The molecule has 0 aromatic heterocycles. The van der Waals surface area contributed by atoms with E-state index in [1.807, 2.05) is 0 Å². The summed E-state index contributed by atoms with van der Waals surface area (Å²) in [6, 6.07) is 0. The molecular weight excluding hydrogens is 368 g/mol. The van der Waals surface area contributed by atoms with Gasteiger partial charge in [0.2, 0.25) is 0 Å². The Bertz CT molecular complexity index is 339. The van der Waals surface area contributed by atoms with Gasteiger partial charge in [0.1, 0.15) is 0 Å². The van der Waals surface area contributed by atoms with Crippen LogP contribution in [0.4, 0.5) is 0 Å². The predicted molar refractivity (Wildman–Crippen MR) is 62.1 cm³/mol. The highest BCUT2D eigenvalue weighted by Crippen LogP contribution is 2.42. The van der Waals surface area contributed by atoms with E-state index in [4.69, 9.17) is 0 Å². The van der Waals surface area contributed by atoms with Crippen LogP contribution in [0.5, 0.6) is 0 Å². The highest BCUT2D eigenvalue weighted by Gasteiger charge is 2.40. The maximum Gasteiger partial charge on any atom is 0.196 e. The van der Waals surface area contributed by atoms with Gasteiger partial charge in [0, 0.05) is 19.0 Å². The molecule has 0 fully saturated rings. The van der Waals surface area contributed by atoms with Crippen molar-refractivity contribution in [2.45, 2.75) is 19.4 Å². The monoisotopic (exact) mass is 372 g/mol. The van der Waals surface area contributed by atoms with Crippen molar-refractivity contribution in [1.82, 2.24) is 0 Å². The van der Waals surface area contributed by atoms with Gasteiger partial charge in [0.15, 0.2) is 11.4 Å². The van der Waals surface area contributed by atoms with E-state index in [1.165, 1.54) is 6.92 Å². The van der Waals surface area contributed by atoms with Gasteiger partial charge in [-0.3, -0.25) is 4.79 Å². The third-order valence-electron chi connectivity index (χ3n) is 1.92. The lowest BCUT2D eigenvalue weighted by molar-refractivity contribution is -0.128. The normalized spacial score (nSPS) is 30.2. The summed E-state index contributed by atoms with van der Waals surface area (Å²) in [5.74, 6) is -0.297. The summed E-state index contributed by atoms with van der Waals surface area (Å²) in [5.41, 5.74) is -0.944. The Balaban J connectivity index is 3.41. The van der Waals surface area contributed by atoms with E-state index in [-0.39, 0.29) is 5.78 Å². The summed E-state index contributed by atoms with van der Waals surface area (Å²) in [4.78, 5) is 11.6. The minimum atomic E-state index is -1.46. The largest absolute Gasteiger partial charge is 0.377 e. The fraction of sp³-hybridized carbons (Fsp3) is 0.375. The zero-order chi connectivity index (χ0) is 10.4. The molecule has 2 nitrogen and oxygen atoms in total. The number of halogens is 3. The van der Waals surface area contributed by atoms with Crippen LogP contribution in [0.2, 0.25) is 0 Å². The van der Waals surface area contributed by atoms with Crippen molar-refractivity contribution in [1.29, 1.82) is 0 Å². The lowest BCUT2D eigenvalue weighted by atomic mass is 9.91. The van der Waals surface area contributed by atoms with Crippen LogP contribution in [0, 0.1) is 0 Å². The predicted octanol–water partition coefficient (Wildman–Crippen LogP) is 2.99. The minimum Gasteiger partial charge on any atom is -0.377 e. The van der Waals surface area contributed by atoms with E-state index in [2.05, 4.69) is 47.8 Å². The maximum absolute atomic E-state index is 11.6. The van der Waals surface area contributed by atoms with Gasteiger partial charge in [0.25, 0.3) is 0 Å². The highest BCUT2D eigenvalue weighted by atomic mass is 79.9. The number of ketones is 1. The Labute approximate surface area is 101 Å². The van der Waals surface area contributed by atoms with Crippen molar-refractivity contribution in [3.05, 3.63) is 19.0 Å². The molecule has 1 rings (SSSR count). The molecule has 1 N–H and O–H groups in total. The third-order valence-corrected chi connectivity index (χ3v) is 5.94. The van der Waals surface area contributed by atoms with Gasteiger partial charge in [0.05, 0.1) is 0 Å². The number of carbonyl (C=O) groups excluding carboxylic acids is 1. The number of aliphatic hydroxyl groups is 1. The Morgan fingerprint density at radius 2 is 1.69 bits per heavy atom. The van der Waals surface area contributed by atoms with Crippen molar-refractivity contribution in [2.75, 3.05) is 0 Å². The molecule has 0 aromatic rings. The van der Waals surface area contributed by atoms with Gasteiger partial charge in [-0.05, 0) is 45.7 Å². The first-order valence-electron chi connectivity index (χ1n) is 3.49. The van der Waals surface area contributed by atoms with Crippen LogP contribution < -0.4 is 0 Å². The molecule has 1 aliphatic carbocycles. The van der Waals surface area contributed by atoms with Crippen LogP contribution in [0.25, 0.3) is 0 Å². The van der Waals surface area contributed by atoms with E-state index in [0.717, 1.165) is 0 Å². The van der Waals surface area contributed by atoms with E-state index in [1.54, 1.807) is 6.92 Å². The Hall–Kier alpha value is 0.550. The van der Waals surface area contributed by atoms with Gasteiger partial charge in [-0.15, -0.1) is 0 Å². The molecule has 0 heterocycles. The van der Waals surface area contributed by atoms with E-state index < -0.39 is 5.60 Å². The van der Waals surface area contributed by atoms with E-state index in [9.17, 15) is 9.90 Å². The van der Waals surface area contributed by atoms with Crippen molar-refractivity contribution in [2.24, 2.45) is 0 Å². The molecule has 0 spiro atoms. The summed E-state index contributed by atoms with van der Waals surface area (Å²) in [6.07, 6.45) is 0. The molecule has 1 unspecified atom stereocenters. The lowest BCUT2D eigenvalue weighted by Crippen LogP contribution is -2.39. The summed E-state index contributed by atoms with van der Waals surface area (Å²) < 4.78 is 1.80. The number of allylic oxidation sites excluding steroid dienone is 2. The first-order valence-corrected chi connectivity index (χ1v) is 5.87. The average Bonchev–Trinajstić information content (AvgIpc) is 2.09. The summed E-state index contributed by atoms with van der Waals surface area (Å²) >= 11 is 9.72. The smallest absolute Gasteiger partial charge is 0.196 e. The van der Waals surface area contributed by atoms with Gasteiger partial charge in [-0.1, -0.05) is 15.9 Å². The van der Waals surface area contributed by atoms with Crippen LogP contribution >= 0.6 is 47.8 Å². The fourth-order valence-corrected chi connectivity index (χ4v) is 2.75. The summed E-state index contributed by atoms with van der Waals surface area (Å²) in [7, 11) is 0. The molecule has 1 aliphatic rings. The number of Topliss-reactive ketones (excluding diaryl/α,β-unsaturated/α-hetero) is 1. The Morgan fingerprint density at radius 1 is 1.23 bits per heavy atom. The molecule has 1 atom stereocenters. The number of rotatable bonds is 0. The van der Waals surface area contributed by atoms with Crippen molar-refractivity contribution in [3.63, 3.8) is 0 Å². The summed E-state index contributed by atoms with van der Waals surface area (Å²) in [5, 5.41) is 9.83. The molecular formula is C8H7Br3O2. The Kier molecular flexibility index (Phi) is 3.22. The molecule has 0 aromatic carbocycles. The maximum atomic E-state index is 11.6. The molecule has 0 saturated heterocycles. The van der Waals surface area contributed by atoms with Crippen molar-refractivity contribution in [3.8, 4) is 0 Å². The first-order chi connectivity index (χ1) is 5.80. The zero-order valence-electron chi connectivity index (χ0n) is 6.99. The van der Waals surface area contributed by atoms with Gasteiger partial charge < -0.3 is 5.11 Å². The van der Waals surface area contributed by atoms with Crippen LogP contribution in [-0.4, -0.2) is 16.5 Å². The van der Waals surface area contributed by atoms with Crippen LogP contribution in [0.1, 0.15) is 13.8 Å². The topological polar surface area (TPSA) is 37.3 Å². The SMILES string of the molecule is CC1=C(Br)C(Br)=C(Br)C(C)(O)C1=O. The van der Waals surface area contributed by atoms with Crippen LogP contribution in [0.3, 0.4) is 0 Å². The average molecular weight is 375 g/mol. The standard InChI is InChI=1S/C8H7Br3O2/c1-3-4(9)5(10)6(11)8(2,13)7(3)12/h13H,1-2H3. The molecule has 0 saturated carbocycles. The molecule has 0 radical (unpaired) electrons. The second-order valence-corrected chi connectivity index (χ2v) is 5.35. The van der Waals surface area contributed by atoms with Gasteiger partial charge >= 0.3 is 0 Å². The lowest BCUT2D eigenvalue weighted by Gasteiger charge is -2.27. The molecule has 0 amide bonds. The number of carbonyl (C=O) groups is 1. The fourth-order valence-electron chi connectivity index (χ4n) is 1.04. The molecule has 72 valence electrons. The van der Waals surface area contributed by atoms with Crippen LogP contribution in [0.15, 0.2) is 19.0 Å². The second-order valence-electron chi connectivity index (χ2n) is 2.97. The highest BCUT2D eigenvalue weighted by molar-refractivity contribution is 9.16. The van der Waals surface area contributed by atoms with E-state index in [0.29, 0.717) is 19.0 Å². The van der Waals surface area contributed by atoms with Gasteiger partial charge in [-0.2, -0.15) is 0 Å². The zero-order valence-corrected chi connectivity index (χ0v) is 11.7. The van der Waals surface area contributed by atoms with Gasteiger partial charge in [-0.25, -0.2) is 0 Å². The molecule has 13 heavy (non-hydrogen) atoms. The van der Waals surface area contributed by atoms with Crippen molar-refractivity contribution >= 4 is 53.6 Å². The van der Waals surface area contributed by atoms with E-state index >= 15 is 0 Å². The molecule has 0 aliphatic heterocycles. The molecule has 0 bridgehead atoms. The van der Waals surface area contributed by atoms with Crippen LogP contribution in [-0.2, 0) is 4.79 Å². The number of hydrogen-bond acceptors (Lipinski definition) is 2. The summed E-state index contributed by atoms with van der Waals surface area (Å²) in [6.45, 7) is 3.13. The second kappa shape index (κ2) is 3.61. The quantitative estimate of drug-likeness (QED) is 0.707. The third kappa shape index (κ3) is 1.71. The van der Waals surface area contributed by atoms with Crippen molar-refractivity contribution < 1.29 is 9.90 Å². The molecule has 5 heteroatoms. The number of hydrogen-bond donors (Lipinski definition) is 1. The first kappa shape index (κ1) is 11.6. The Morgan fingerprint density at radius 3 is 2.15 bits per heavy atom.